The van der Waals surface area contributed by atoms with Crippen molar-refractivity contribution < 1.29 is 9.18 Å². The number of carbonyl (C=O) groups is 1. The molecule has 7 heteroatoms. The number of anilines is 1. The molecule has 2 heterocycles. The fraction of sp³-hybridized carbons (Fsp3) is 0.375. The second kappa shape index (κ2) is 6.62. The number of amides is 2. The first-order valence-electron chi connectivity index (χ1n) is 7.51. The Morgan fingerprint density at radius 2 is 2.00 bits per heavy atom. The number of rotatable bonds is 2. The van der Waals surface area contributed by atoms with Crippen molar-refractivity contribution in [3.05, 3.63) is 41.5 Å². The minimum atomic E-state index is -0.414. The first-order chi connectivity index (χ1) is 11.0. The number of hydrogen-bond acceptors (Lipinski definition) is 3. The molecule has 0 spiro atoms. The molecule has 1 saturated heterocycles. The topological polar surface area (TPSA) is 50.2 Å². The summed E-state index contributed by atoms with van der Waals surface area (Å²) < 4.78 is 16.0. The summed E-state index contributed by atoms with van der Waals surface area (Å²) in [6.07, 6.45) is 0. The summed E-state index contributed by atoms with van der Waals surface area (Å²) in [6.45, 7) is 5.20. The summed E-state index contributed by atoms with van der Waals surface area (Å²) in [6, 6.07) is 6.39. The summed E-state index contributed by atoms with van der Waals surface area (Å²) in [4.78, 5) is 13.9. The Morgan fingerprint density at radius 3 is 2.61 bits per heavy atom. The van der Waals surface area contributed by atoms with Gasteiger partial charge in [-0.1, -0.05) is 0 Å². The smallest absolute Gasteiger partial charge is 0.321 e. The summed E-state index contributed by atoms with van der Waals surface area (Å²) in [5, 5.41) is 7.04. The van der Waals surface area contributed by atoms with Crippen molar-refractivity contribution in [1.29, 1.82) is 0 Å². The average molecular weight is 334 g/mol. The van der Waals surface area contributed by atoms with Crippen LogP contribution in [-0.4, -0.2) is 45.3 Å². The Labute approximate surface area is 138 Å². The van der Waals surface area contributed by atoms with Crippen LogP contribution >= 0.6 is 11.8 Å². The molecule has 0 aliphatic carbocycles. The molecule has 5 nitrogen and oxygen atoms in total. The Morgan fingerprint density at radius 1 is 1.26 bits per heavy atom. The third kappa shape index (κ3) is 3.50. The minimum absolute atomic E-state index is 0.177. The van der Waals surface area contributed by atoms with Gasteiger partial charge in [0.15, 0.2) is 5.82 Å². The van der Waals surface area contributed by atoms with Crippen molar-refractivity contribution in [2.75, 3.05) is 29.9 Å². The lowest BCUT2D eigenvalue weighted by molar-refractivity contribution is 0.217. The van der Waals surface area contributed by atoms with E-state index in [2.05, 4.69) is 10.4 Å². The largest absolute Gasteiger partial charge is 0.323 e. The van der Waals surface area contributed by atoms with E-state index in [0.717, 1.165) is 36.0 Å². The molecule has 0 atom stereocenters. The Kier molecular flexibility index (Phi) is 4.56. The lowest BCUT2D eigenvalue weighted by Gasteiger charge is -2.26. The van der Waals surface area contributed by atoms with Gasteiger partial charge in [-0.15, -0.1) is 0 Å². The number of carbonyl (C=O) groups excluding carboxylic acids is 1. The number of benzene rings is 1. The van der Waals surface area contributed by atoms with Gasteiger partial charge >= 0.3 is 6.03 Å². The van der Waals surface area contributed by atoms with Crippen LogP contribution in [0.2, 0.25) is 0 Å². The van der Waals surface area contributed by atoms with E-state index in [1.807, 2.05) is 31.7 Å². The normalized spacial score (nSPS) is 14.8. The highest BCUT2D eigenvalue weighted by Gasteiger charge is 2.17. The number of urea groups is 1. The third-order valence-corrected chi connectivity index (χ3v) is 4.68. The molecule has 23 heavy (non-hydrogen) atoms. The number of nitrogens with one attached hydrogen (secondary N) is 1. The van der Waals surface area contributed by atoms with Crippen LogP contribution in [0.1, 0.15) is 11.4 Å². The molecule has 1 aliphatic heterocycles. The number of aryl methyl sites for hydroxylation is 2. The molecule has 2 aromatic rings. The number of thioether (sulfide) groups is 1. The summed E-state index contributed by atoms with van der Waals surface area (Å²) >= 11 is 1.84. The molecule has 1 aromatic carbocycles. The third-order valence-electron chi connectivity index (χ3n) is 3.74. The SMILES string of the molecule is Cc1cc(C)n(-c2ccc(NC(=O)N3CCSCC3)cc2F)n1. The van der Waals surface area contributed by atoms with E-state index in [-0.39, 0.29) is 6.03 Å². The quantitative estimate of drug-likeness (QED) is 0.917. The molecule has 0 saturated carbocycles. The number of aromatic nitrogens is 2. The first kappa shape index (κ1) is 15.9. The van der Waals surface area contributed by atoms with Crippen LogP contribution in [0.25, 0.3) is 5.69 Å². The lowest BCUT2D eigenvalue weighted by Crippen LogP contribution is -2.40. The molecule has 1 fully saturated rings. The minimum Gasteiger partial charge on any atom is -0.323 e. The molecule has 0 bridgehead atoms. The maximum absolute atomic E-state index is 14.4. The maximum Gasteiger partial charge on any atom is 0.321 e. The van der Waals surface area contributed by atoms with Crippen LogP contribution in [0.4, 0.5) is 14.9 Å². The molecule has 1 N–H and O–H groups in total. The summed E-state index contributed by atoms with van der Waals surface area (Å²) in [5.41, 5.74) is 2.53. The highest BCUT2D eigenvalue weighted by Crippen LogP contribution is 2.20. The van der Waals surface area contributed by atoms with Crippen LogP contribution in [-0.2, 0) is 0 Å². The van der Waals surface area contributed by atoms with E-state index >= 15 is 0 Å². The number of hydrogen-bond donors (Lipinski definition) is 1. The summed E-state index contributed by atoms with van der Waals surface area (Å²) in [5.74, 6) is 1.47. The van der Waals surface area contributed by atoms with Gasteiger partial charge in [-0.05, 0) is 38.1 Å². The van der Waals surface area contributed by atoms with Gasteiger partial charge in [0.2, 0.25) is 0 Å². The molecule has 2 amide bonds. The van der Waals surface area contributed by atoms with Crippen LogP contribution in [0.15, 0.2) is 24.3 Å². The molecule has 1 aromatic heterocycles. The molecular formula is C16H19FN4OS. The monoisotopic (exact) mass is 334 g/mol. The molecule has 3 rings (SSSR count). The predicted octanol–water partition coefficient (Wildman–Crippen LogP) is 3.21. The van der Waals surface area contributed by atoms with Gasteiger partial charge in [0.25, 0.3) is 0 Å². The Hall–Kier alpha value is -2.02. The van der Waals surface area contributed by atoms with Gasteiger partial charge in [0.05, 0.1) is 5.69 Å². The van der Waals surface area contributed by atoms with Crippen molar-refractivity contribution >= 4 is 23.5 Å². The fourth-order valence-electron chi connectivity index (χ4n) is 2.60. The number of nitrogens with zero attached hydrogens (tertiary/aromatic N) is 3. The molecule has 0 radical (unpaired) electrons. The average Bonchev–Trinajstić information content (AvgIpc) is 2.87. The lowest BCUT2D eigenvalue weighted by atomic mass is 10.2. The zero-order chi connectivity index (χ0) is 16.4. The van der Waals surface area contributed by atoms with E-state index in [9.17, 15) is 9.18 Å². The second-order valence-corrected chi connectivity index (χ2v) is 6.76. The van der Waals surface area contributed by atoms with Crippen LogP contribution in [0.5, 0.6) is 0 Å². The van der Waals surface area contributed by atoms with Gasteiger partial charge in [-0.3, -0.25) is 0 Å². The van der Waals surface area contributed by atoms with Gasteiger partial charge in [-0.2, -0.15) is 16.9 Å². The zero-order valence-electron chi connectivity index (χ0n) is 13.2. The second-order valence-electron chi connectivity index (χ2n) is 5.53. The van der Waals surface area contributed by atoms with Gasteiger partial charge in [0, 0.05) is 36.0 Å². The Bertz CT molecular complexity index is 725. The number of halogens is 1. The van der Waals surface area contributed by atoms with Gasteiger partial charge < -0.3 is 10.2 Å². The molecule has 0 unspecified atom stereocenters. The van der Waals surface area contributed by atoms with E-state index in [0.29, 0.717) is 11.4 Å². The van der Waals surface area contributed by atoms with Crippen molar-refractivity contribution in [1.82, 2.24) is 14.7 Å². The van der Waals surface area contributed by atoms with Crippen molar-refractivity contribution in [2.24, 2.45) is 0 Å². The summed E-state index contributed by atoms with van der Waals surface area (Å²) in [7, 11) is 0. The highest BCUT2D eigenvalue weighted by atomic mass is 32.2. The molecular weight excluding hydrogens is 315 g/mol. The van der Waals surface area contributed by atoms with E-state index in [4.69, 9.17) is 0 Å². The standard InChI is InChI=1S/C16H19FN4OS/c1-11-9-12(2)21(19-11)15-4-3-13(10-14(15)17)18-16(22)20-5-7-23-8-6-20/h3-4,9-10H,5-8H2,1-2H3,(H,18,22). The van der Waals surface area contributed by atoms with Crippen LogP contribution in [0, 0.1) is 19.7 Å². The van der Waals surface area contributed by atoms with E-state index < -0.39 is 5.82 Å². The van der Waals surface area contributed by atoms with Crippen molar-refractivity contribution in [3.63, 3.8) is 0 Å². The molecule has 1 aliphatic rings. The van der Waals surface area contributed by atoms with E-state index in [1.165, 1.54) is 6.07 Å². The maximum atomic E-state index is 14.4. The zero-order valence-corrected chi connectivity index (χ0v) is 14.0. The van der Waals surface area contributed by atoms with Crippen molar-refractivity contribution in [3.8, 4) is 5.69 Å². The fourth-order valence-corrected chi connectivity index (χ4v) is 3.50. The highest BCUT2D eigenvalue weighted by molar-refractivity contribution is 7.99. The van der Waals surface area contributed by atoms with Crippen molar-refractivity contribution in [2.45, 2.75) is 13.8 Å². The Balaban J connectivity index is 1.76. The van der Waals surface area contributed by atoms with Crippen LogP contribution in [0.3, 0.4) is 0 Å². The van der Waals surface area contributed by atoms with Gasteiger partial charge in [-0.25, -0.2) is 13.9 Å². The van der Waals surface area contributed by atoms with E-state index in [1.54, 1.807) is 21.7 Å². The van der Waals surface area contributed by atoms with Gasteiger partial charge in [0.1, 0.15) is 5.69 Å². The predicted molar refractivity (Wildman–Crippen MR) is 90.9 cm³/mol. The molecule has 122 valence electrons. The van der Waals surface area contributed by atoms with Crippen LogP contribution < -0.4 is 5.32 Å². The first-order valence-corrected chi connectivity index (χ1v) is 8.67.